The largest absolute Gasteiger partial charge is 0.496 e. The van der Waals surface area contributed by atoms with E-state index in [4.69, 9.17) is 4.74 Å². The van der Waals surface area contributed by atoms with E-state index in [1.807, 2.05) is 6.07 Å². The van der Waals surface area contributed by atoms with Gasteiger partial charge in [-0.15, -0.1) is 0 Å². The molecule has 2 aromatic carbocycles. The number of methoxy groups -OCH3 is 1. The van der Waals surface area contributed by atoms with Gasteiger partial charge in [-0.05, 0) is 61.5 Å². The van der Waals surface area contributed by atoms with Crippen molar-refractivity contribution in [3.05, 3.63) is 54.9 Å². The number of nitrogens with one attached hydrogen (secondary N) is 1. The van der Waals surface area contributed by atoms with Gasteiger partial charge in [-0.3, -0.25) is 9.71 Å². The number of hydrogen-bond donors (Lipinski definition) is 1. The van der Waals surface area contributed by atoms with Crippen molar-refractivity contribution in [2.75, 3.05) is 14.2 Å². The first-order valence-corrected chi connectivity index (χ1v) is 11.8. The SMILES string of the molecule is CNSc1cc(-c2nccnc2Sc2ccc(S(F)(F)(F)(F)F)cc2)ccc1OC. The topological polar surface area (TPSA) is 47.0 Å². The average Bonchev–Trinajstić information content (AvgIpc) is 2.67. The van der Waals surface area contributed by atoms with E-state index < -0.39 is 15.1 Å². The van der Waals surface area contributed by atoms with E-state index in [0.29, 0.717) is 39.1 Å². The van der Waals surface area contributed by atoms with Gasteiger partial charge in [-0.2, -0.15) is 0 Å². The lowest BCUT2D eigenvalue weighted by Crippen LogP contribution is -2.05. The molecule has 0 spiro atoms. The summed E-state index contributed by atoms with van der Waals surface area (Å²) in [5.41, 5.74) is 1.22. The Kier molecular flexibility index (Phi) is 5.73. The van der Waals surface area contributed by atoms with Gasteiger partial charge in [-0.1, -0.05) is 31.2 Å². The Balaban J connectivity index is 1.95. The Morgan fingerprint density at radius 1 is 0.933 bits per heavy atom. The van der Waals surface area contributed by atoms with Gasteiger partial charge in [0.2, 0.25) is 0 Å². The van der Waals surface area contributed by atoms with Crippen LogP contribution in [0.25, 0.3) is 11.3 Å². The number of ether oxygens (including phenoxy) is 1. The molecule has 0 saturated heterocycles. The van der Waals surface area contributed by atoms with Crippen molar-refractivity contribution < 1.29 is 24.2 Å². The molecule has 0 aliphatic carbocycles. The zero-order valence-corrected chi connectivity index (χ0v) is 18.1. The summed E-state index contributed by atoms with van der Waals surface area (Å²) in [7, 11) is -6.39. The monoisotopic (exact) mass is 481 g/mol. The molecule has 3 rings (SSSR count). The third kappa shape index (κ3) is 5.36. The highest BCUT2D eigenvalue weighted by atomic mass is 32.5. The van der Waals surface area contributed by atoms with E-state index >= 15 is 0 Å². The van der Waals surface area contributed by atoms with Crippen LogP contribution in [0.5, 0.6) is 5.75 Å². The summed E-state index contributed by atoms with van der Waals surface area (Å²) in [4.78, 5) is 7.78. The van der Waals surface area contributed by atoms with Crippen LogP contribution < -0.4 is 9.46 Å². The molecular weight excluding hydrogens is 465 g/mol. The van der Waals surface area contributed by atoms with E-state index in [0.717, 1.165) is 28.8 Å². The fraction of sp³-hybridized carbons (Fsp3) is 0.111. The zero-order chi connectivity index (χ0) is 22.1. The molecule has 0 unspecified atom stereocenters. The first kappa shape index (κ1) is 22.7. The smallest absolute Gasteiger partial charge is 0.310 e. The lowest BCUT2D eigenvalue weighted by Gasteiger charge is -2.40. The highest BCUT2D eigenvalue weighted by Crippen LogP contribution is 3.02. The second kappa shape index (κ2) is 7.59. The molecule has 0 bridgehead atoms. The summed E-state index contributed by atoms with van der Waals surface area (Å²) in [6.07, 6.45) is 2.94. The van der Waals surface area contributed by atoms with E-state index in [1.54, 1.807) is 26.3 Å². The van der Waals surface area contributed by atoms with E-state index in [1.165, 1.54) is 24.3 Å². The lowest BCUT2D eigenvalue weighted by atomic mass is 10.1. The normalized spacial score (nSPS) is 14.1. The molecule has 1 N–H and O–H groups in total. The summed E-state index contributed by atoms with van der Waals surface area (Å²) in [6, 6.07) is 8.14. The van der Waals surface area contributed by atoms with Crippen molar-refractivity contribution in [3.63, 3.8) is 0 Å². The molecular formula is C18H16F5N3OS3. The van der Waals surface area contributed by atoms with Crippen molar-refractivity contribution >= 4 is 33.9 Å². The molecule has 0 aliphatic rings. The minimum absolute atomic E-state index is 0.320. The third-order valence-electron chi connectivity index (χ3n) is 3.80. The summed E-state index contributed by atoms with van der Waals surface area (Å²) < 4.78 is 72.8. The molecule has 1 aromatic heterocycles. The molecule has 0 radical (unpaired) electrons. The summed E-state index contributed by atoms with van der Waals surface area (Å²) in [5.74, 6) is 0.655. The minimum Gasteiger partial charge on any atom is -0.496 e. The van der Waals surface area contributed by atoms with Crippen LogP contribution in [0.2, 0.25) is 0 Å². The van der Waals surface area contributed by atoms with E-state index in [9.17, 15) is 19.4 Å². The first-order chi connectivity index (χ1) is 13.9. The fourth-order valence-electron chi connectivity index (χ4n) is 2.49. The van der Waals surface area contributed by atoms with Crippen LogP contribution in [0.3, 0.4) is 0 Å². The van der Waals surface area contributed by atoms with Crippen molar-refractivity contribution in [2.45, 2.75) is 19.7 Å². The predicted octanol–water partition coefficient (Wildman–Crippen LogP) is 7.19. The van der Waals surface area contributed by atoms with Crippen LogP contribution in [-0.2, 0) is 0 Å². The number of rotatable bonds is 7. The Labute approximate surface area is 178 Å². The van der Waals surface area contributed by atoms with Crippen molar-refractivity contribution in [3.8, 4) is 17.0 Å². The molecule has 162 valence electrons. The predicted molar refractivity (Wildman–Crippen MR) is 111 cm³/mol. The molecule has 3 aromatic rings. The van der Waals surface area contributed by atoms with Crippen LogP contribution in [-0.4, -0.2) is 24.1 Å². The van der Waals surface area contributed by atoms with Gasteiger partial charge in [0.05, 0.1) is 12.0 Å². The van der Waals surface area contributed by atoms with Gasteiger partial charge in [-0.25, -0.2) is 4.98 Å². The summed E-state index contributed by atoms with van der Waals surface area (Å²) in [5, 5.41) is 0.420. The van der Waals surface area contributed by atoms with Gasteiger partial charge >= 0.3 is 10.2 Å². The molecule has 0 atom stereocenters. The number of nitrogens with zero attached hydrogens (tertiary/aromatic N) is 2. The number of aromatic nitrogens is 2. The summed E-state index contributed by atoms with van der Waals surface area (Å²) >= 11 is 2.37. The Morgan fingerprint density at radius 3 is 2.20 bits per heavy atom. The van der Waals surface area contributed by atoms with Crippen LogP contribution in [0.1, 0.15) is 0 Å². The first-order valence-electron chi connectivity index (χ1n) is 8.26. The molecule has 0 fully saturated rings. The van der Waals surface area contributed by atoms with Crippen LogP contribution in [0.15, 0.2) is 74.6 Å². The quantitative estimate of drug-likeness (QED) is 0.285. The molecule has 0 aliphatic heterocycles. The minimum atomic E-state index is -9.70. The maximum atomic E-state index is 12.9. The average molecular weight is 482 g/mol. The van der Waals surface area contributed by atoms with Crippen LogP contribution in [0.4, 0.5) is 19.4 Å². The maximum absolute atomic E-state index is 12.9. The second-order valence-corrected chi connectivity index (χ2v) is 10.4. The van der Waals surface area contributed by atoms with Gasteiger partial charge in [0.1, 0.15) is 21.4 Å². The molecule has 4 nitrogen and oxygen atoms in total. The molecule has 0 saturated carbocycles. The van der Waals surface area contributed by atoms with Crippen molar-refractivity contribution in [1.29, 1.82) is 0 Å². The lowest BCUT2D eigenvalue weighted by molar-refractivity contribution is 0.364. The van der Waals surface area contributed by atoms with Crippen molar-refractivity contribution in [1.82, 2.24) is 14.7 Å². The van der Waals surface area contributed by atoms with Crippen LogP contribution >= 0.6 is 33.9 Å². The highest BCUT2D eigenvalue weighted by molar-refractivity contribution is 8.45. The Morgan fingerprint density at radius 2 is 1.60 bits per heavy atom. The second-order valence-electron chi connectivity index (χ2n) is 5.92. The zero-order valence-electron chi connectivity index (χ0n) is 15.6. The highest BCUT2D eigenvalue weighted by Gasteiger charge is 2.65. The van der Waals surface area contributed by atoms with Gasteiger partial charge in [0, 0.05) is 22.9 Å². The molecule has 1 heterocycles. The Hall–Kier alpha value is -2.02. The van der Waals surface area contributed by atoms with Crippen LogP contribution in [0, 0.1) is 0 Å². The number of hydrogen-bond acceptors (Lipinski definition) is 6. The van der Waals surface area contributed by atoms with Gasteiger partial charge in [0.15, 0.2) is 0 Å². The molecule has 30 heavy (non-hydrogen) atoms. The standard InChI is InChI=1S/C18H16F5N3OS3/c1-24-29-16-11-12(3-8-15(16)27-2)17-18(26-10-9-25-17)28-13-4-6-14(7-5-13)30(19,20,21,22)23/h3-11,24H,1-2H3. The molecule has 0 amide bonds. The van der Waals surface area contributed by atoms with Gasteiger partial charge < -0.3 is 4.74 Å². The number of benzene rings is 2. The summed E-state index contributed by atoms with van der Waals surface area (Å²) in [6.45, 7) is 0. The maximum Gasteiger partial charge on any atom is 0.310 e. The molecule has 12 heteroatoms. The van der Waals surface area contributed by atoms with E-state index in [-0.39, 0.29) is 0 Å². The number of halogens is 5. The van der Waals surface area contributed by atoms with E-state index in [2.05, 4.69) is 14.7 Å². The Bertz CT molecular complexity index is 1060. The van der Waals surface area contributed by atoms with Gasteiger partial charge in [0.25, 0.3) is 0 Å². The van der Waals surface area contributed by atoms with Crippen molar-refractivity contribution in [2.24, 2.45) is 0 Å². The fourth-order valence-corrected chi connectivity index (χ4v) is 4.67. The third-order valence-corrected chi connectivity index (χ3v) is 6.70.